The van der Waals surface area contributed by atoms with Crippen molar-refractivity contribution in [1.29, 1.82) is 0 Å². The monoisotopic (exact) mass is 226 g/mol. The van der Waals surface area contributed by atoms with E-state index in [-0.39, 0.29) is 18.5 Å². The Hall–Kier alpha value is -1.52. The molecule has 1 saturated carbocycles. The average Bonchev–Trinajstić information content (AvgIpc) is 2.14. The van der Waals surface area contributed by atoms with Crippen molar-refractivity contribution in [1.82, 2.24) is 4.98 Å². The van der Waals surface area contributed by atoms with E-state index in [9.17, 15) is 13.6 Å². The van der Waals surface area contributed by atoms with Gasteiger partial charge in [0.25, 0.3) is 5.91 Å². The van der Waals surface area contributed by atoms with Gasteiger partial charge in [0, 0.05) is 24.5 Å². The number of alkyl halides is 2. The van der Waals surface area contributed by atoms with Crippen LogP contribution in [0.4, 0.5) is 8.78 Å². The lowest BCUT2D eigenvalue weighted by atomic mass is 9.63. The van der Waals surface area contributed by atoms with Crippen LogP contribution >= 0.6 is 0 Å². The Labute approximate surface area is 91.7 Å². The van der Waals surface area contributed by atoms with Gasteiger partial charge >= 0.3 is 0 Å². The maximum Gasteiger partial charge on any atom is 0.267 e. The molecule has 5 heteroatoms. The van der Waals surface area contributed by atoms with E-state index in [0.717, 1.165) is 0 Å². The number of rotatable bonds is 2. The SMILES string of the molecule is CC1(c2cccnc2C(N)=O)CC(F)(F)C1. The molecule has 0 atom stereocenters. The molecule has 1 aromatic heterocycles. The first-order valence-corrected chi connectivity index (χ1v) is 4.97. The van der Waals surface area contributed by atoms with Crippen molar-refractivity contribution in [2.45, 2.75) is 31.1 Å². The van der Waals surface area contributed by atoms with Gasteiger partial charge in [-0.2, -0.15) is 0 Å². The number of carbonyl (C=O) groups excluding carboxylic acids is 1. The number of aromatic nitrogens is 1. The minimum atomic E-state index is -2.64. The summed E-state index contributed by atoms with van der Waals surface area (Å²) >= 11 is 0. The molecule has 2 rings (SSSR count). The van der Waals surface area contributed by atoms with Crippen LogP contribution in [0.1, 0.15) is 35.8 Å². The van der Waals surface area contributed by atoms with Crippen molar-refractivity contribution >= 4 is 5.91 Å². The zero-order chi connectivity index (χ0) is 12.0. The average molecular weight is 226 g/mol. The topological polar surface area (TPSA) is 56.0 Å². The molecule has 0 saturated heterocycles. The van der Waals surface area contributed by atoms with Crippen LogP contribution in [-0.2, 0) is 5.41 Å². The zero-order valence-electron chi connectivity index (χ0n) is 8.84. The fourth-order valence-corrected chi connectivity index (χ4v) is 2.37. The summed E-state index contributed by atoms with van der Waals surface area (Å²) in [5.74, 6) is -3.31. The first-order chi connectivity index (χ1) is 7.34. The van der Waals surface area contributed by atoms with Gasteiger partial charge < -0.3 is 5.73 Å². The molecule has 0 spiro atoms. The van der Waals surface area contributed by atoms with Gasteiger partial charge in [0.2, 0.25) is 5.92 Å². The minimum Gasteiger partial charge on any atom is -0.364 e. The van der Waals surface area contributed by atoms with Crippen LogP contribution in [0.25, 0.3) is 0 Å². The van der Waals surface area contributed by atoms with Gasteiger partial charge in [-0.3, -0.25) is 9.78 Å². The van der Waals surface area contributed by atoms with E-state index >= 15 is 0 Å². The molecule has 1 fully saturated rings. The Kier molecular flexibility index (Phi) is 2.22. The Morgan fingerprint density at radius 2 is 2.12 bits per heavy atom. The number of carbonyl (C=O) groups is 1. The predicted octanol–water partition coefficient (Wildman–Crippen LogP) is 1.87. The summed E-state index contributed by atoms with van der Waals surface area (Å²) in [5, 5.41) is 0. The quantitative estimate of drug-likeness (QED) is 0.836. The van der Waals surface area contributed by atoms with Crippen LogP contribution in [0, 0.1) is 0 Å². The molecule has 1 amide bonds. The highest BCUT2D eigenvalue weighted by Crippen LogP contribution is 2.53. The first-order valence-electron chi connectivity index (χ1n) is 4.97. The highest BCUT2D eigenvalue weighted by atomic mass is 19.3. The van der Waals surface area contributed by atoms with Crippen LogP contribution in [0.2, 0.25) is 0 Å². The molecule has 1 aliphatic carbocycles. The maximum absolute atomic E-state index is 12.9. The Morgan fingerprint density at radius 3 is 2.62 bits per heavy atom. The van der Waals surface area contributed by atoms with E-state index in [1.807, 2.05) is 0 Å². The number of nitrogens with zero attached hydrogens (tertiary/aromatic N) is 1. The predicted molar refractivity (Wildman–Crippen MR) is 54.3 cm³/mol. The first kappa shape index (κ1) is 11.0. The van der Waals surface area contributed by atoms with E-state index in [4.69, 9.17) is 5.73 Å². The van der Waals surface area contributed by atoms with Crippen molar-refractivity contribution in [2.24, 2.45) is 5.73 Å². The zero-order valence-corrected chi connectivity index (χ0v) is 8.84. The van der Waals surface area contributed by atoms with Gasteiger partial charge in [-0.05, 0) is 11.6 Å². The summed E-state index contributed by atoms with van der Waals surface area (Å²) in [5.41, 5.74) is 5.10. The highest BCUT2D eigenvalue weighted by Gasteiger charge is 2.55. The van der Waals surface area contributed by atoms with Gasteiger partial charge in [-0.1, -0.05) is 13.0 Å². The van der Waals surface area contributed by atoms with Crippen molar-refractivity contribution in [3.63, 3.8) is 0 Å². The third-order valence-corrected chi connectivity index (χ3v) is 2.99. The van der Waals surface area contributed by atoms with Crippen LogP contribution in [0.5, 0.6) is 0 Å². The third kappa shape index (κ3) is 1.66. The molecule has 1 aliphatic rings. The summed E-state index contributed by atoms with van der Waals surface area (Å²) in [6.07, 6.45) is 0.918. The van der Waals surface area contributed by atoms with E-state index in [0.29, 0.717) is 5.56 Å². The fraction of sp³-hybridized carbons (Fsp3) is 0.455. The van der Waals surface area contributed by atoms with Gasteiger partial charge in [0.05, 0.1) is 0 Å². The van der Waals surface area contributed by atoms with E-state index in [1.165, 1.54) is 6.20 Å². The van der Waals surface area contributed by atoms with Crippen molar-refractivity contribution in [3.8, 4) is 0 Å². The van der Waals surface area contributed by atoms with E-state index < -0.39 is 17.2 Å². The molecule has 0 aromatic carbocycles. The molecule has 1 heterocycles. The smallest absolute Gasteiger partial charge is 0.267 e. The molecular formula is C11H12F2N2O. The normalized spacial score (nSPS) is 21.2. The molecule has 1 aromatic rings. The summed E-state index contributed by atoms with van der Waals surface area (Å²) in [4.78, 5) is 15.0. The number of amides is 1. The molecule has 0 aliphatic heterocycles. The van der Waals surface area contributed by atoms with E-state index in [2.05, 4.69) is 4.98 Å². The molecule has 86 valence electrons. The standard InChI is InChI=1S/C11H12F2N2O/c1-10(5-11(12,13)6-10)7-3-2-4-15-8(7)9(14)16/h2-4H,5-6H2,1H3,(H2,14,16). The molecule has 3 nitrogen and oxygen atoms in total. The second kappa shape index (κ2) is 3.23. The Bertz CT molecular complexity index is 437. The van der Waals surface area contributed by atoms with Gasteiger partial charge in [-0.25, -0.2) is 8.78 Å². The molecule has 0 radical (unpaired) electrons. The molecule has 0 bridgehead atoms. The lowest BCUT2D eigenvalue weighted by Crippen LogP contribution is -2.48. The van der Waals surface area contributed by atoms with Crippen molar-refractivity contribution in [3.05, 3.63) is 29.6 Å². The molecule has 2 N–H and O–H groups in total. The number of pyridine rings is 1. The maximum atomic E-state index is 12.9. The van der Waals surface area contributed by atoms with E-state index in [1.54, 1.807) is 19.1 Å². The number of primary amides is 1. The molecule has 16 heavy (non-hydrogen) atoms. The Balaban J connectivity index is 2.39. The molecule has 0 unspecified atom stereocenters. The van der Waals surface area contributed by atoms with Crippen LogP contribution in [0.3, 0.4) is 0 Å². The van der Waals surface area contributed by atoms with Crippen LogP contribution in [0.15, 0.2) is 18.3 Å². The molecular weight excluding hydrogens is 214 g/mol. The Morgan fingerprint density at radius 1 is 1.50 bits per heavy atom. The van der Waals surface area contributed by atoms with Crippen molar-refractivity contribution < 1.29 is 13.6 Å². The van der Waals surface area contributed by atoms with Gasteiger partial charge in [-0.15, -0.1) is 0 Å². The largest absolute Gasteiger partial charge is 0.364 e. The van der Waals surface area contributed by atoms with Crippen LogP contribution in [-0.4, -0.2) is 16.8 Å². The lowest BCUT2D eigenvalue weighted by molar-refractivity contribution is -0.121. The number of hydrogen-bond donors (Lipinski definition) is 1. The number of halogens is 2. The number of hydrogen-bond acceptors (Lipinski definition) is 2. The summed E-state index contributed by atoms with van der Waals surface area (Å²) in [7, 11) is 0. The van der Waals surface area contributed by atoms with Gasteiger partial charge in [0.1, 0.15) is 5.69 Å². The summed E-state index contributed by atoms with van der Waals surface area (Å²) in [6, 6.07) is 3.27. The van der Waals surface area contributed by atoms with Crippen LogP contribution < -0.4 is 5.73 Å². The van der Waals surface area contributed by atoms with Crippen molar-refractivity contribution in [2.75, 3.05) is 0 Å². The fourth-order valence-electron chi connectivity index (χ4n) is 2.37. The van der Waals surface area contributed by atoms with Gasteiger partial charge in [0.15, 0.2) is 0 Å². The number of nitrogens with two attached hydrogens (primary N) is 1. The second-order valence-corrected chi connectivity index (χ2v) is 4.53. The third-order valence-electron chi connectivity index (χ3n) is 2.99. The summed E-state index contributed by atoms with van der Waals surface area (Å²) < 4.78 is 25.8. The second-order valence-electron chi connectivity index (χ2n) is 4.53. The minimum absolute atomic E-state index is 0.0977. The summed E-state index contributed by atoms with van der Waals surface area (Å²) in [6.45, 7) is 1.70. The lowest BCUT2D eigenvalue weighted by Gasteiger charge is -2.45. The highest BCUT2D eigenvalue weighted by molar-refractivity contribution is 5.92.